The maximum atomic E-state index is 15.9. The molecule has 1 aliphatic rings. The van der Waals surface area contributed by atoms with Crippen LogP contribution in [0, 0.1) is 5.82 Å². The average Bonchev–Trinajstić information content (AvgIpc) is 3.42. The van der Waals surface area contributed by atoms with Gasteiger partial charge in [0, 0.05) is 34.9 Å². The Labute approximate surface area is 271 Å². The first-order valence-electron chi connectivity index (χ1n) is 15.4. The number of hydrogen-bond donors (Lipinski definition) is 2. The van der Waals surface area contributed by atoms with Crippen molar-refractivity contribution in [2.75, 3.05) is 0 Å². The van der Waals surface area contributed by atoms with Crippen molar-refractivity contribution in [3.05, 3.63) is 100 Å². The molecule has 2 heterocycles. The molecule has 5 aromatic rings. The Hall–Kier alpha value is -4.76. The zero-order valence-electron chi connectivity index (χ0n) is 25.6. The van der Waals surface area contributed by atoms with Crippen LogP contribution in [0.15, 0.2) is 72.9 Å². The molecule has 6 rings (SSSR count). The molecule has 1 aliphatic carbocycles. The van der Waals surface area contributed by atoms with Gasteiger partial charge in [0.1, 0.15) is 29.5 Å². The summed E-state index contributed by atoms with van der Waals surface area (Å²) in [5.41, 5.74) is 4.28. The largest absolute Gasteiger partial charge is 0.489 e. The molecule has 2 aromatic heterocycles. The fraction of sp³-hybridized carbons (Fsp3) is 0.278. The molecule has 3 aromatic carbocycles. The number of carboxylic acid groups (broad SMARTS) is 1. The molecule has 0 saturated heterocycles. The van der Waals surface area contributed by atoms with Crippen molar-refractivity contribution in [2.24, 2.45) is 0 Å². The Morgan fingerprint density at radius 2 is 1.74 bits per heavy atom. The van der Waals surface area contributed by atoms with Crippen LogP contribution >= 0.6 is 11.6 Å². The lowest BCUT2D eigenvalue weighted by atomic mass is 9.95. The van der Waals surface area contributed by atoms with E-state index in [0.29, 0.717) is 33.3 Å². The number of amides is 1. The Morgan fingerprint density at radius 3 is 2.43 bits per heavy atom. The molecule has 0 unspecified atom stereocenters. The lowest BCUT2D eigenvalue weighted by Gasteiger charge is -2.25. The minimum Gasteiger partial charge on any atom is -0.489 e. The van der Waals surface area contributed by atoms with Crippen LogP contribution < -0.4 is 10.1 Å². The second-order valence-corrected chi connectivity index (χ2v) is 12.3. The van der Waals surface area contributed by atoms with Crippen LogP contribution in [-0.2, 0) is 6.61 Å². The van der Waals surface area contributed by atoms with E-state index in [1.54, 1.807) is 36.4 Å². The highest BCUT2D eigenvalue weighted by Gasteiger charge is 2.25. The highest BCUT2D eigenvalue weighted by molar-refractivity contribution is 6.30. The highest BCUT2D eigenvalue weighted by Crippen LogP contribution is 2.37. The number of nitrogens with one attached hydrogen (secondary N) is 1. The number of hydrogen-bond acceptors (Lipinski definition) is 5. The number of carbonyl (C=O) groups excluding carboxylic acids is 1. The number of aromatic nitrogens is 3. The maximum absolute atomic E-state index is 15.9. The summed E-state index contributed by atoms with van der Waals surface area (Å²) in [5, 5.41) is 13.0. The summed E-state index contributed by atoms with van der Waals surface area (Å²) < 4.78 is 24.0. The van der Waals surface area contributed by atoms with Crippen LogP contribution in [-0.4, -0.2) is 37.6 Å². The van der Waals surface area contributed by atoms with E-state index in [1.807, 2.05) is 36.6 Å². The second kappa shape index (κ2) is 13.3. The summed E-state index contributed by atoms with van der Waals surface area (Å²) in [4.78, 5) is 33.5. The molecule has 0 bridgehead atoms. The molecule has 0 atom stereocenters. The van der Waals surface area contributed by atoms with Crippen molar-refractivity contribution in [3.63, 3.8) is 0 Å². The molecule has 1 saturated carbocycles. The van der Waals surface area contributed by atoms with Gasteiger partial charge < -0.3 is 19.7 Å². The van der Waals surface area contributed by atoms with E-state index in [-0.39, 0.29) is 35.7 Å². The van der Waals surface area contributed by atoms with Gasteiger partial charge in [-0.05, 0) is 85.8 Å². The third-order valence-electron chi connectivity index (χ3n) is 8.23. The zero-order chi connectivity index (χ0) is 32.4. The predicted molar refractivity (Wildman–Crippen MR) is 176 cm³/mol. The Bertz CT molecular complexity index is 1920. The molecule has 2 N–H and O–H groups in total. The smallest absolute Gasteiger partial charge is 0.337 e. The Morgan fingerprint density at radius 1 is 1.00 bits per heavy atom. The molecular formula is C36H34ClFN4O4. The van der Waals surface area contributed by atoms with Crippen LogP contribution in [0.2, 0.25) is 5.02 Å². The molecule has 1 amide bonds. The van der Waals surface area contributed by atoms with Gasteiger partial charge in [0.05, 0.1) is 11.1 Å². The fourth-order valence-corrected chi connectivity index (χ4v) is 6.14. The normalized spacial score (nSPS) is 13.7. The van der Waals surface area contributed by atoms with E-state index >= 15 is 4.39 Å². The monoisotopic (exact) mass is 640 g/mol. The van der Waals surface area contributed by atoms with Gasteiger partial charge >= 0.3 is 5.97 Å². The van der Waals surface area contributed by atoms with Crippen molar-refractivity contribution in [2.45, 2.75) is 64.6 Å². The summed E-state index contributed by atoms with van der Waals surface area (Å²) in [6, 6.07) is 19.0. The number of nitrogens with zero attached hydrogens (tertiary/aromatic N) is 3. The summed E-state index contributed by atoms with van der Waals surface area (Å²) >= 11 is 6.12. The number of pyridine rings is 1. The molecule has 1 fully saturated rings. The lowest BCUT2D eigenvalue weighted by Crippen LogP contribution is -2.30. The van der Waals surface area contributed by atoms with Crippen molar-refractivity contribution >= 4 is 34.6 Å². The van der Waals surface area contributed by atoms with Crippen LogP contribution in [0.5, 0.6) is 5.75 Å². The first-order chi connectivity index (χ1) is 22.2. The topological polar surface area (TPSA) is 106 Å². The van der Waals surface area contributed by atoms with Crippen molar-refractivity contribution < 1.29 is 23.8 Å². The third kappa shape index (κ3) is 6.60. The molecule has 10 heteroatoms. The number of halogens is 2. The first-order valence-corrected chi connectivity index (χ1v) is 15.8. The molecule has 46 heavy (non-hydrogen) atoms. The van der Waals surface area contributed by atoms with Crippen LogP contribution in [0.25, 0.3) is 33.7 Å². The van der Waals surface area contributed by atoms with Gasteiger partial charge in [-0.3, -0.25) is 4.79 Å². The van der Waals surface area contributed by atoms with Gasteiger partial charge in [-0.1, -0.05) is 49.1 Å². The first kappa shape index (κ1) is 31.2. The van der Waals surface area contributed by atoms with E-state index in [1.165, 1.54) is 18.3 Å². The maximum Gasteiger partial charge on any atom is 0.337 e. The third-order valence-corrected chi connectivity index (χ3v) is 8.49. The van der Waals surface area contributed by atoms with Gasteiger partial charge in [0.2, 0.25) is 0 Å². The summed E-state index contributed by atoms with van der Waals surface area (Å²) in [6.07, 6.45) is 6.37. The highest BCUT2D eigenvalue weighted by atomic mass is 35.5. The van der Waals surface area contributed by atoms with Gasteiger partial charge in [0.15, 0.2) is 5.65 Å². The number of imidazole rings is 1. The van der Waals surface area contributed by atoms with Crippen molar-refractivity contribution in [3.8, 4) is 28.3 Å². The molecule has 0 aliphatic heterocycles. The summed E-state index contributed by atoms with van der Waals surface area (Å²) in [6.45, 7) is 3.88. The average molecular weight is 641 g/mol. The zero-order valence-corrected chi connectivity index (χ0v) is 26.4. The quantitative estimate of drug-likeness (QED) is 0.167. The SMILES string of the molecule is CC(C)NC(=O)c1ccc(-c2ccc(Cl)cc2)c(COc2ccc(-c3nc4cc(C(=O)O)cnc4n3C3CCCCC3)c(F)c2)c1. The Kier molecular flexibility index (Phi) is 9.03. The van der Waals surface area contributed by atoms with Crippen molar-refractivity contribution in [1.29, 1.82) is 0 Å². The van der Waals surface area contributed by atoms with Gasteiger partial charge in [-0.2, -0.15) is 0 Å². The van der Waals surface area contributed by atoms with E-state index in [9.17, 15) is 14.7 Å². The summed E-state index contributed by atoms with van der Waals surface area (Å²) in [7, 11) is 0. The molecule has 8 nitrogen and oxygen atoms in total. The van der Waals surface area contributed by atoms with Crippen LogP contribution in [0.4, 0.5) is 4.39 Å². The fourth-order valence-electron chi connectivity index (χ4n) is 6.01. The van der Waals surface area contributed by atoms with Crippen LogP contribution in [0.3, 0.4) is 0 Å². The minimum atomic E-state index is -1.10. The van der Waals surface area contributed by atoms with Gasteiger partial charge in [-0.15, -0.1) is 0 Å². The summed E-state index contributed by atoms with van der Waals surface area (Å²) in [5.74, 6) is -1.09. The molecular weight excluding hydrogens is 607 g/mol. The number of rotatable bonds is 9. The number of fused-ring (bicyclic) bond motifs is 1. The number of ether oxygens (including phenoxy) is 1. The predicted octanol–water partition coefficient (Wildman–Crippen LogP) is 8.48. The van der Waals surface area contributed by atoms with E-state index in [2.05, 4.69) is 10.3 Å². The van der Waals surface area contributed by atoms with E-state index in [4.69, 9.17) is 21.3 Å². The van der Waals surface area contributed by atoms with Gasteiger partial charge in [-0.25, -0.2) is 19.2 Å². The Balaban J connectivity index is 1.32. The standard InChI is InChI=1S/C36H34ClFN4O4/c1-21(2)40-35(43)23-10-14-29(22-8-11-26(37)12-9-22)25(16-23)20-46-28-13-15-30(31(38)18-28)33-41-32-17-24(36(44)45)19-39-34(32)42(33)27-6-4-3-5-7-27/h8-19,21,27H,3-7,20H2,1-2H3,(H,40,43)(H,44,45). The molecule has 0 radical (unpaired) electrons. The number of benzene rings is 3. The lowest BCUT2D eigenvalue weighted by molar-refractivity contribution is 0.0696. The second-order valence-electron chi connectivity index (χ2n) is 11.9. The molecule has 236 valence electrons. The van der Waals surface area contributed by atoms with E-state index < -0.39 is 11.8 Å². The number of carboxylic acids is 1. The number of carbonyl (C=O) groups is 2. The number of aromatic carboxylic acids is 1. The van der Waals surface area contributed by atoms with E-state index in [0.717, 1.165) is 48.8 Å². The minimum absolute atomic E-state index is 0.0223. The van der Waals surface area contributed by atoms with Gasteiger partial charge in [0.25, 0.3) is 5.91 Å². The van der Waals surface area contributed by atoms with Crippen LogP contribution in [0.1, 0.15) is 78.3 Å². The van der Waals surface area contributed by atoms with Crippen molar-refractivity contribution in [1.82, 2.24) is 19.9 Å². The molecule has 0 spiro atoms.